The zero-order chi connectivity index (χ0) is 27.0. The number of nitrogens with zero attached hydrogens (tertiary/aromatic N) is 4. The minimum atomic E-state index is -0.437. The standard InChI is InChI=1S/C30H33N7O2/c1-19-7-8-24-25(18-39-26(24)20(19)2)32-28(38)22-5-4-6-23(17-22)34-30(11-15-37(3)16-12-30)29-33-27(35-36-29)21-9-13-31-14-10-21/h4-10,13-14,17,25,34H,11-12,15-16,18H2,1-3H3,(H,32,38)(H,33,35,36). The number of aromatic nitrogens is 4. The summed E-state index contributed by atoms with van der Waals surface area (Å²) in [5, 5.41) is 14.6. The van der Waals surface area contributed by atoms with Crippen molar-refractivity contribution in [3.05, 3.63) is 89.0 Å². The lowest BCUT2D eigenvalue weighted by atomic mass is 9.86. The van der Waals surface area contributed by atoms with Crippen LogP contribution in [-0.2, 0) is 5.54 Å². The maximum absolute atomic E-state index is 13.3. The first-order valence-electron chi connectivity index (χ1n) is 13.4. The maximum Gasteiger partial charge on any atom is 0.251 e. The van der Waals surface area contributed by atoms with E-state index in [1.165, 1.54) is 5.56 Å². The second kappa shape index (κ2) is 10.1. The van der Waals surface area contributed by atoms with Crippen LogP contribution in [0.2, 0.25) is 0 Å². The van der Waals surface area contributed by atoms with Gasteiger partial charge in [0.05, 0.1) is 11.6 Å². The minimum Gasteiger partial charge on any atom is -0.490 e. The van der Waals surface area contributed by atoms with Crippen molar-refractivity contribution in [1.82, 2.24) is 30.4 Å². The SMILES string of the molecule is Cc1ccc2c(c1C)OCC2NC(=O)c1cccc(NC2(c3nc(-c4ccncc4)n[nH]3)CCN(C)CC2)c1. The minimum absolute atomic E-state index is 0.129. The Labute approximate surface area is 228 Å². The van der Waals surface area contributed by atoms with Gasteiger partial charge in [0, 0.05) is 47.9 Å². The Hall–Kier alpha value is -4.24. The molecule has 9 heteroatoms. The molecule has 1 fully saturated rings. The molecule has 1 saturated heterocycles. The molecule has 0 aliphatic carbocycles. The average Bonchev–Trinajstić information content (AvgIpc) is 3.62. The number of amides is 1. The normalized spacial score (nSPS) is 18.3. The first-order chi connectivity index (χ1) is 18.9. The number of aromatic amines is 1. The molecular weight excluding hydrogens is 490 g/mol. The van der Waals surface area contributed by atoms with Crippen LogP contribution in [-0.4, -0.2) is 57.7 Å². The fourth-order valence-corrected chi connectivity index (χ4v) is 5.44. The average molecular weight is 524 g/mol. The van der Waals surface area contributed by atoms with Crippen molar-refractivity contribution in [1.29, 1.82) is 0 Å². The maximum atomic E-state index is 13.3. The van der Waals surface area contributed by atoms with Gasteiger partial charge >= 0.3 is 0 Å². The van der Waals surface area contributed by atoms with E-state index in [2.05, 4.69) is 63.7 Å². The van der Waals surface area contributed by atoms with E-state index < -0.39 is 5.54 Å². The summed E-state index contributed by atoms with van der Waals surface area (Å²) in [5.74, 6) is 2.20. The molecule has 200 valence electrons. The molecule has 1 amide bonds. The Morgan fingerprint density at radius 2 is 1.90 bits per heavy atom. The number of rotatable bonds is 6. The number of ether oxygens (including phenoxy) is 1. The van der Waals surface area contributed by atoms with E-state index in [4.69, 9.17) is 9.72 Å². The summed E-state index contributed by atoms with van der Waals surface area (Å²) in [6.07, 6.45) is 5.17. The lowest BCUT2D eigenvalue weighted by molar-refractivity contribution is 0.0930. The van der Waals surface area contributed by atoms with Gasteiger partial charge in [-0.3, -0.25) is 14.9 Å². The Morgan fingerprint density at radius 3 is 2.69 bits per heavy atom. The molecule has 4 heterocycles. The van der Waals surface area contributed by atoms with Crippen LogP contribution >= 0.6 is 0 Å². The number of carbonyl (C=O) groups excluding carboxylic acids is 1. The highest BCUT2D eigenvalue weighted by Crippen LogP contribution is 2.38. The summed E-state index contributed by atoms with van der Waals surface area (Å²) >= 11 is 0. The van der Waals surface area contributed by atoms with Crippen molar-refractivity contribution >= 4 is 11.6 Å². The highest BCUT2D eigenvalue weighted by atomic mass is 16.5. The quantitative estimate of drug-likeness (QED) is 0.344. The first kappa shape index (κ1) is 25.1. The number of carbonyl (C=O) groups is 1. The monoisotopic (exact) mass is 523 g/mol. The molecule has 9 nitrogen and oxygen atoms in total. The molecule has 0 radical (unpaired) electrons. The summed E-state index contributed by atoms with van der Waals surface area (Å²) in [4.78, 5) is 24.6. The smallest absolute Gasteiger partial charge is 0.251 e. The summed E-state index contributed by atoms with van der Waals surface area (Å²) in [7, 11) is 2.13. The number of hydrogen-bond acceptors (Lipinski definition) is 7. The van der Waals surface area contributed by atoms with Crippen molar-refractivity contribution < 1.29 is 9.53 Å². The van der Waals surface area contributed by atoms with Gasteiger partial charge in [-0.05, 0) is 75.2 Å². The molecule has 0 spiro atoms. The number of aryl methyl sites for hydroxylation is 1. The van der Waals surface area contributed by atoms with E-state index in [0.717, 1.165) is 59.9 Å². The lowest BCUT2D eigenvalue weighted by Gasteiger charge is -2.40. The number of fused-ring (bicyclic) bond motifs is 1. The molecule has 0 saturated carbocycles. The number of piperidine rings is 1. The van der Waals surface area contributed by atoms with E-state index in [-0.39, 0.29) is 11.9 Å². The molecule has 2 aromatic heterocycles. The van der Waals surface area contributed by atoms with Gasteiger partial charge in [0.2, 0.25) is 0 Å². The van der Waals surface area contributed by atoms with Crippen LogP contribution in [0.3, 0.4) is 0 Å². The number of benzene rings is 2. The van der Waals surface area contributed by atoms with Gasteiger partial charge in [-0.1, -0.05) is 18.2 Å². The lowest BCUT2D eigenvalue weighted by Crippen LogP contribution is -2.46. The van der Waals surface area contributed by atoms with E-state index in [1.54, 1.807) is 12.4 Å². The summed E-state index contributed by atoms with van der Waals surface area (Å²) < 4.78 is 5.94. The zero-order valence-corrected chi connectivity index (χ0v) is 22.5. The van der Waals surface area contributed by atoms with Crippen LogP contribution < -0.4 is 15.4 Å². The molecule has 6 rings (SSSR count). The van der Waals surface area contributed by atoms with Crippen LogP contribution in [0.15, 0.2) is 60.9 Å². The number of hydrogen-bond donors (Lipinski definition) is 3. The van der Waals surface area contributed by atoms with Crippen LogP contribution in [0.1, 0.15) is 51.8 Å². The van der Waals surface area contributed by atoms with Crippen LogP contribution in [0.5, 0.6) is 5.75 Å². The Balaban J connectivity index is 1.24. The molecule has 1 unspecified atom stereocenters. The number of likely N-dealkylation sites (tertiary alicyclic amines) is 1. The molecule has 0 bridgehead atoms. The summed E-state index contributed by atoms with van der Waals surface area (Å²) in [6, 6.07) is 15.4. The van der Waals surface area contributed by atoms with Crippen molar-refractivity contribution in [3.63, 3.8) is 0 Å². The third-order valence-electron chi connectivity index (χ3n) is 8.01. The van der Waals surface area contributed by atoms with E-state index >= 15 is 0 Å². The highest BCUT2D eigenvalue weighted by Gasteiger charge is 2.39. The van der Waals surface area contributed by atoms with Crippen LogP contribution in [0, 0.1) is 13.8 Å². The number of nitrogens with one attached hydrogen (secondary N) is 3. The molecule has 2 aliphatic heterocycles. The number of pyridine rings is 1. The van der Waals surface area contributed by atoms with E-state index in [0.29, 0.717) is 18.0 Å². The topological polar surface area (TPSA) is 108 Å². The Bertz CT molecular complexity index is 1490. The summed E-state index contributed by atoms with van der Waals surface area (Å²) in [6.45, 7) is 6.39. The fraction of sp³-hybridized carbons (Fsp3) is 0.333. The zero-order valence-electron chi connectivity index (χ0n) is 22.5. The highest BCUT2D eigenvalue weighted by molar-refractivity contribution is 5.95. The van der Waals surface area contributed by atoms with Gasteiger partial charge in [0.25, 0.3) is 5.91 Å². The van der Waals surface area contributed by atoms with Gasteiger partial charge in [-0.25, -0.2) is 4.98 Å². The van der Waals surface area contributed by atoms with Crippen molar-refractivity contribution in [3.8, 4) is 17.1 Å². The summed E-state index contributed by atoms with van der Waals surface area (Å²) in [5.41, 5.74) is 5.27. The van der Waals surface area contributed by atoms with Crippen molar-refractivity contribution in [2.45, 2.75) is 38.3 Å². The third kappa shape index (κ3) is 4.85. The van der Waals surface area contributed by atoms with Crippen LogP contribution in [0.25, 0.3) is 11.4 Å². The van der Waals surface area contributed by atoms with Gasteiger partial charge in [-0.2, -0.15) is 5.10 Å². The predicted octanol–water partition coefficient (Wildman–Crippen LogP) is 4.38. The number of anilines is 1. The van der Waals surface area contributed by atoms with Gasteiger partial charge < -0.3 is 20.3 Å². The molecule has 4 aromatic rings. The molecule has 39 heavy (non-hydrogen) atoms. The second-order valence-electron chi connectivity index (χ2n) is 10.6. The predicted molar refractivity (Wildman–Crippen MR) is 150 cm³/mol. The van der Waals surface area contributed by atoms with Crippen molar-refractivity contribution in [2.24, 2.45) is 0 Å². The molecule has 2 aliphatic rings. The third-order valence-corrected chi connectivity index (χ3v) is 8.01. The largest absolute Gasteiger partial charge is 0.490 e. The molecule has 2 aromatic carbocycles. The van der Waals surface area contributed by atoms with Crippen LogP contribution in [0.4, 0.5) is 5.69 Å². The van der Waals surface area contributed by atoms with Gasteiger partial charge in [0.15, 0.2) is 11.6 Å². The number of H-pyrrole nitrogens is 1. The Morgan fingerprint density at radius 1 is 1.10 bits per heavy atom. The molecule has 1 atom stereocenters. The first-order valence-corrected chi connectivity index (χ1v) is 13.4. The van der Waals surface area contributed by atoms with Gasteiger partial charge in [-0.15, -0.1) is 0 Å². The fourth-order valence-electron chi connectivity index (χ4n) is 5.44. The van der Waals surface area contributed by atoms with E-state index in [1.807, 2.05) is 36.4 Å². The Kier molecular flexibility index (Phi) is 6.52. The van der Waals surface area contributed by atoms with Crippen molar-refractivity contribution in [2.75, 3.05) is 32.1 Å². The molecule has 3 N–H and O–H groups in total. The van der Waals surface area contributed by atoms with Gasteiger partial charge in [0.1, 0.15) is 12.4 Å². The molecular formula is C30H33N7O2. The van der Waals surface area contributed by atoms with E-state index in [9.17, 15) is 4.79 Å². The second-order valence-corrected chi connectivity index (χ2v) is 10.6.